The second-order valence-electron chi connectivity index (χ2n) is 7.61. The minimum absolute atomic E-state index is 0. The predicted octanol–water partition coefficient (Wildman–Crippen LogP) is -0.103. The quantitative estimate of drug-likeness (QED) is 0.309. The molecule has 0 amide bonds. The summed E-state index contributed by atoms with van der Waals surface area (Å²) in [7, 11) is 0. The fourth-order valence-corrected chi connectivity index (χ4v) is 3.77. The van der Waals surface area contributed by atoms with Crippen LogP contribution >= 0.6 is 0 Å². The van der Waals surface area contributed by atoms with Crippen molar-refractivity contribution in [3.8, 4) is 22.6 Å². The van der Waals surface area contributed by atoms with E-state index in [1.807, 2.05) is 30.3 Å². The molecule has 0 saturated carbocycles. The van der Waals surface area contributed by atoms with Gasteiger partial charge in [0, 0.05) is 23.2 Å². The molecule has 1 heterocycles. The Balaban J connectivity index is 0.00000342. The molecular weight excluding hydrogens is 445 g/mol. The molecule has 0 bridgehead atoms. The van der Waals surface area contributed by atoms with Gasteiger partial charge in [0.2, 0.25) is 0 Å². The monoisotopic (exact) mass is 467 g/mol. The summed E-state index contributed by atoms with van der Waals surface area (Å²) < 4.78 is 17.3. The van der Waals surface area contributed by atoms with Gasteiger partial charge in [0.15, 0.2) is 0 Å². The average molecular weight is 467 g/mol. The molecule has 0 atom stereocenters. The molecule has 3 N–H and O–H groups in total. The first kappa shape index (κ1) is 25.9. The number of carbonyl (C=O) groups is 2. The fourth-order valence-electron chi connectivity index (χ4n) is 3.77. The minimum Gasteiger partial charge on any atom is -0.546 e. The van der Waals surface area contributed by atoms with Gasteiger partial charge in [0.1, 0.15) is 30.3 Å². The van der Waals surface area contributed by atoms with E-state index >= 15 is 0 Å². The van der Waals surface area contributed by atoms with Gasteiger partial charge in [-0.3, -0.25) is 4.79 Å². The molecular formula is C26H22LiNO7. The van der Waals surface area contributed by atoms with Crippen molar-refractivity contribution < 1.29 is 52.6 Å². The third kappa shape index (κ3) is 6.06. The van der Waals surface area contributed by atoms with Crippen LogP contribution in [0.25, 0.3) is 22.1 Å². The van der Waals surface area contributed by atoms with Crippen molar-refractivity contribution in [3.63, 3.8) is 0 Å². The van der Waals surface area contributed by atoms with Gasteiger partial charge in [-0.25, -0.2) is 0 Å². The topological polar surface area (TPSA) is 135 Å². The largest absolute Gasteiger partial charge is 1.00 e. The third-order valence-electron chi connectivity index (χ3n) is 5.27. The summed E-state index contributed by atoms with van der Waals surface area (Å²) >= 11 is 0. The molecule has 0 radical (unpaired) electrons. The van der Waals surface area contributed by atoms with E-state index in [0.717, 1.165) is 16.7 Å². The van der Waals surface area contributed by atoms with Crippen molar-refractivity contribution in [1.82, 2.24) is 0 Å². The Labute approximate surface area is 213 Å². The number of furan rings is 1. The maximum Gasteiger partial charge on any atom is 1.00 e. The van der Waals surface area contributed by atoms with E-state index in [4.69, 9.17) is 19.6 Å². The summed E-state index contributed by atoms with van der Waals surface area (Å²) in [6.45, 7) is -0.271. The van der Waals surface area contributed by atoms with E-state index < -0.39 is 18.5 Å². The van der Waals surface area contributed by atoms with Crippen LogP contribution in [0.15, 0.2) is 71.3 Å². The Morgan fingerprint density at radius 1 is 1.00 bits per heavy atom. The first-order valence-corrected chi connectivity index (χ1v) is 10.5. The molecule has 174 valence electrons. The summed E-state index contributed by atoms with van der Waals surface area (Å²) in [5.41, 5.74) is 9.98. The van der Waals surface area contributed by atoms with Crippen LogP contribution in [-0.4, -0.2) is 23.7 Å². The van der Waals surface area contributed by atoms with E-state index in [9.17, 15) is 19.8 Å². The summed E-state index contributed by atoms with van der Waals surface area (Å²) in [6.07, 6.45) is 1.31. The number of rotatable bonds is 10. The molecule has 4 aromatic rings. The Morgan fingerprint density at radius 3 is 2.54 bits per heavy atom. The third-order valence-corrected chi connectivity index (χ3v) is 5.27. The van der Waals surface area contributed by atoms with Gasteiger partial charge in [0.05, 0.1) is 24.0 Å². The Morgan fingerprint density at radius 2 is 1.80 bits per heavy atom. The zero-order valence-corrected chi connectivity index (χ0v) is 19.2. The molecule has 0 spiro atoms. The molecule has 0 aliphatic carbocycles. The SMILES string of the molecule is NCc1cccc(-c2cc(COc3ccccc3CC(=O)O)c(OCC(=O)[O-])c3ccoc23)c1.[Li+]. The smallest absolute Gasteiger partial charge is 0.546 e. The zero-order valence-electron chi connectivity index (χ0n) is 19.2. The molecule has 0 aliphatic rings. The maximum atomic E-state index is 11.2. The van der Waals surface area contributed by atoms with Crippen molar-refractivity contribution in [2.75, 3.05) is 6.61 Å². The van der Waals surface area contributed by atoms with Gasteiger partial charge in [0.25, 0.3) is 0 Å². The number of benzene rings is 3. The normalized spacial score (nSPS) is 10.5. The van der Waals surface area contributed by atoms with Gasteiger partial charge < -0.3 is 34.6 Å². The number of carboxylic acid groups (broad SMARTS) is 2. The first-order chi connectivity index (χ1) is 16.5. The Bertz CT molecular complexity index is 1350. The van der Waals surface area contributed by atoms with Crippen LogP contribution in [0, 0.1) is 0 Å². The molecule has 4 rings (SSSR count). The summed E-state index contributed by atoms with van der Waals surface area (Å²) in [6, 6.07) is 18.0. The van der Waals surface area contributed by atoms with Crippen molar-refractivity contribution in [1.29, 1.82) is 0 Å². The number of hydrogen-bond acceptors (Lipinski definition) is 7. The molecule has 35 heavy (non-hydrogen) atoms. The second-order valence-corrected chi connectivity index (χ2v) is 7.61. The number of ether oxygens (including phenoxy) is 2. The van der Waals surface area contributed by atoms with Gasteiger partial charge in [-0.1, -0.05) is 36.4 Å². The number of hydrogen-bond donors (Lipinski definition) is 2. The van der Waals surface area contributed by atoms with E-state index in [1.54, 1.807) is 30.3 Å². The van der Waals surface area contributed by atoms with Gasteiger partial charge >= 0.3 is 24.8 Å². The summed E-state index contributed by atoms with van der Waals surface area (Å²) in [4.78, 5) is 22.3. The van der Waals surface area contributed by atoms with E-state index in [-0.39, 0.29) is 31.9 Å². The summed E-state index contributed by atoms with van der Waals surface area (Å²) in [5.74, 6) is -1.64. The van der Waals surface area contributed by atoms with Gasteiger partial charge in [-0.05, 0) is 35.4 Å². The Hall–Kier alpha value is -3.70. The van der Waals surface area contributed by atoms with Crippen molar-refractivity contribution in [2.24, 2.45) is 5.73 Å². The average Bonchev–Trinajstić information content (AvgIpc) is 3.31. The van der Waals surface area contributed by atoms with Crippen LogP contribution in [0.4, 0.5) is 0 Å². The molecule has 3 aromatic carbocycles. The number of nitrogens with two attached hydrogens (primary N) is 1. The van der Waals surface area contributed by atoms with Crippen LogP contribution in [0.3, 0.4) is 0 Å². The van der Waals surface area contributed by atoms with E-state index in [2.05, 4.69) is 0 Å². The van der Waals surface area contributed by atoms with Crippen LogP contribution < -0.4 is 39.2 Å². The number of aliphatic carboxylic acids is 2. The molecule has 0 aliphatic heterocycles. The molecule has 0 unspecified atom stereocenters. The second kappa shape index (κ2) is 11.6. The van der Waals surface area contributed by atoms with Crippen LogP contribution in [0.5, 0.6) is 11.5 Å². The number of carboxylic acids is 2. The van der Waals surface area contributed by atoms with Crippen molar-refractivity contribution in [2.45, 2.75) is 19.6 Å². The summed E-state index contributed by atoms with van der Waals surface area (Å²) in [5, 5.41) is 20.8. The van der Waals surface area contributed by atoms with Crippen LogP contribution in [0.1, 0.15) is 16.7 Å². The molecule has 0 saturated heterocycles. The predicted molar refractivity (Wildman–Crippen MR) is 122 cm³/mol. The zero-order chi connectivity index (χ0) is 24.1. The minimum atomic E-state index is -1.37. The first-order valence-electron chi connectivity index (χ1n) is 10.5. The number of carbonyl (C=O) groups excluding carboxylic acids is 1. The molecule has 0 fully saturated rings. The van der Waals surface area contributed by atoms with E-state index in [1.165, 1.54) is 6.26 Å². The van der Waals surface area contributed by atoms with Gasteiger partial charge in [-0.15, -0.1) is 0 Å². The molecule has 8 nitrogen and oxygen atoms in total. The number of para-hydroxylation sites is 1. The standard InChI is InChI=1S/C26H23NO7.Li/c27-13-16-4-3-6-17(10-16)21-11-19(14-33-22-7-2-1-5-18(22)12-23(28)29)25(34-15-24(30)31)20-8-9-32-26(20)21;/h1-11H,12-15,27H2,(H,28,29)(H,30,31);/q;+1/p-1. The Kier molecular flexibility index (Phi) is 8.61. The van der Waals surface area contributed by atoms with E-state index in [0.29, 0.717) is 40.1 Å². The maximum absolute atomic E-state index is 11.2. The van der Waals surface area contributed by atoms with Crippen molar-refractivity contribution in [3.05, 3.63) is 83.6 Å². The van der Waals surface area contributed by atoms with Crippen LogP contribution in [-0.2, 0) is 29.2 Å². The van der Waals surface area contributed by atoms with Crippen molar-refractivity contribution >= 4 is 22.9 Å². The van der Waals surface area contributed by atoms with Gasteiger partial charge in [-0.2, -0.15) is 0 Å². The number of fused-ring (bicyclic) bond motifs is 1. The molecule has 9 heteroatoms. The van der Waals surface area contributed by atoms with Crippen LogP contribution in [0.2, 0.25) is 0 Å². The molecule has 1 aromatic heterocycles. The fraction of sp³-hybridized carbons (Fsp3) is 0.154.